The fourth-order valence-corrected chi connectivity index (χ4v) is 4.16. The average Bonchev–Trinajstić information content (AvgIpc) is 3.38. The standard InChI is InChI=1S/C21H16ClN7O2S/c22-13-5-3-4-12(8-13)20-26-17-9-18(30)28-29(17)21(27-20)32-11-19(31)23-10-16-24-14-6-1-2-7-15(14)25-16/h1-9H,10-11H2,(H,23,31)(H,24,25)(H,28,30). The predicted molar refractivity (Wildman–Crippen MR) is 123 cm³/mol. The van der Waals surface area contributed by atoms with Crippen LogP contribution in [0, 0.1) is 0 Å². The van der Waals surface area contributed by atoms with E-state index in [-0.39, 0.29) is 23.8 Å². The van der Waals surface area contributed by atoms with Gasteiger partial charge in [-0.2, -0.15) is 0 Å². The third kappa shape index (κ3) is 4.23. The molecule has 11 heteroatoms. The summed E-state index contributed by atoms with van der Waals surface area (Å²) < 4.78 is 1.47. The van der Waals surface area contributed by atoms with E-state index in [1.807, 2.05) is 30.3 Å². The summed E-state index contributed by atoms with van der Waals surface area (Å²) in [6.07, 6.45) is 0. The van der Waals surface area contributed by atoms with Gasteiger partial charge in [0.05, 0.1) is 23.3 Å². The maximum atomic E-state index is 12.4. The molecule has 5 rings (SSSR count). The monoisotopic (exact) mass is 465 g/mol. The van der Waals surface area contributed by atoms with Crippen molar-refractivity contribution in [1.82, 2.24) is 34.9 Å². The zero-order valence-corrected chi connectivity index (χ0v) is 18.1. The molecule has 32 heavy (non-hydrogen) atoms. The highest BCUT2D eigenvalue weighted by Crippen LogP contribution is 2.23. The summed E-state index contributed by atoms with van der Waals surface area (Å²) in [6.45, 7) is 0.279. The molecule has 0 fully saturated rings. The van der Waals surface area contributed by atoms with Gasteiger partial charge in [0, 0.05) is 16.7 Å². The number of H-pyrrole nitrogens is 2. The number of aromatic nitrogens is 6. The van der Waals surface area contributed by atoms with E-state index >= 15 is 0 Å². The van der Waals surface area contributed by atoms with Gasteiger partial charge >= 0.3 is 0 Å². The molecule has 0 spiro atoms. The Morgan fingerprint density at radius 3 is 2.81 bits per heavy atom. The van der Waals surface area contributed by atoms with Crippen LogP contribution in [0.25, 0.3) is 28.1 Å². The Morgan fingerprint density at radius 1 is 1.09 bits per heavy atom. The number of carbonyl (C=O) groups excluding carboxylic acids is 1. The van der Waals surface area contributed by atoms with Crippen molar-refractivity contribution in [2.24, 2.45) is 0 Å². The molecule has 0 saturated heterocycles. The summed E-state index contributed by atoms with van der Waals surface area (Å²) in [5.41, 5.74) is 2.58. The van der Waals surface area contributed by atoms with Gasteiger partial charge in [0.15, 0.2) is 16.6 Å². The predicted octanol–water partition coefficient (Wildman–Crippen LogP) is 3.02. The van der Waals surface area contributed by atoms with E-state index in [1.54, 1.807) is 18.2 Å². The highest BCUT2D eigenvalue weighted by molar-refractivity contribution is 7.99. The molecule has 3 N–H and O–H groups in total. The van der Waals surface area contributed by atoms with Crippen LogP contribution in [-0.2, 0) is 11.3 Å². The number of thioether (sulfide) groups is 1. The Bertz CT molecular complexity index is 1470. The van der Waals surface area contributed by atoms with Gasteiger partial charge in [-0.05, 0) is 24.3 Å². The first-order valence-corrected chi connectivity index (χ1v) is 11.0. The summed E-state index contributed by atoms with van der Waals surface area (Å²) in [6, 6.07) is 16.2. The zero-order chi connectivity index (χ0) is 22.1. The Kier molecular flexibility index (Phi) is 5.38. The van der Waals surface area contributed by atoms with E-state index in [9.17, 15) is 9.59 Å². The van der Waals surface area contributed by atoms with Crippen molar-refractivity contribution in [3.8, 4) is 11.4 Å². The maximum Gasteiger partial charge on any atom is 0.266 e. The molecule has 0 aliphatic carbocycles. The lowest BCUT2D eigenvalue weighted by atomic mass is 10.2. The van der Waals surface area contributed by atoms with Gasteiger partial charge in [-0.3, -0.25) is 14.7 Å². The summed E-state index contributed by atoms with van der Waals surface area (Å²) in [4.78, 5) is 40.9. The number of rotatable bonds is 6. The largest absolute Gasteiger partial charge is 0.348 e. The molecule has 2 aromatic carbocycles. The molecule has 5 aromatic rings. The van der Waals surface area contributed by atoms with Crippen LogP contribution in [0.3, 0.4) is 0 Å². The summed E-state index contributed by atoms with van der Waals surface area (Å²) in [7, 11) is 0. The Balaban J connectivity index is 1.32. The lowest BCUT2D eigenvalue weighted by Crippen LogP contribution is -2.25. The highest BCUT2D eigenvalue weighted by atomic mass is 35.5. The first-order valence-electron chi connectivity index (χ1n) is 9.64. The van der Waals surface area contributed by atoms with Gasteiger partial charge in [-0.15, -0.1) is 0 Å². The van der Waals surface area contributed by atoms with Crippen LogP contribution in [-0.4, -0.2) is 41.2 Å². The lowest BCUT2D eigenvalue weighted by Gasteiger charge is -2.08. The minimum atomic E-state index is -0.307. The quantitative estimate of drug-likeness (QED) is 0.331. The number of hydrogen-bond donors (Lipinski definition) is 3. The first kappa shape index (κ1) is 20.3. The van der Waals surface area contributed by atoms with Crippen LogP contribution in [0.4, 0.5) is 0 Å². The fourth-order valence-electron chi connectivity index (χ4n) is 3.19. The van der Waals surface area contributed by atoms with Crippen molar-refractivity contribution in [3.05, 3.63) is 75.8 Å². The summed E-state index contributed by atoms with van der Waals surface area (Å²) in [5.74, 6) is 0.992. The molecule has 160 valence electrons. The van der Waals surface area contributed by atoms with Gasteiger partial charge in [-0.1, -0.05) is 47.6 Å². The second-order valence-corrected chi connectivity index (χ2v) is 8.30. The molecule has 0 aliphatic rings. The highest BCUT2D eigenvalue weighted by Gasteiger charge is 2.14. The number of amides is 1. The molecule has 0 radical (unpaired) electrons. The molecule has 0 atom stereocenters. The van der Waals surface area contributed by atoms with Crippen LogP contribution < -0.4 is 10.9 Å². The van der Waals surface area contributed by atoms with Gasteiger partial charge in [0.2, 0.25) is 5.91 Å². The molecule has 0 bridgehead atoms. The Labute approximate surface area is 190 Å². The minimum absolute atomic E-state index is 0.0987. The van der Waals surface area contributed by atoms with Crippen LogP contribution in [0.1, 0.15) is 5.82 Å². The van der Waals surface area contributed by atoms with Gasteiger partial charge < -0.3 is 10.3 Å². The SMILES string of the molecule is O=C(CSc1nc(-c2cccc(Cl)c2)nc2cc(=O)[nH]n12)NCc1nc2ccccc2[nH]1. The molecule has 0 unspecified atom stereocenters. The third-order valence-corrected chi connectivity index (χ3v) is 5.80. The number of carbonyl (C=O) groups is 1. The molecule has 9 nitrogen and oxygen atoms in total. The normalized spacial score (nSPS) is 11.3. The number of nitrogens with one attached hydrogen (secondary N) is 3. The van der Waals surface area contributed by atoms with Gasteiger partial charge in [-0.25, -0.2) is 19.5 Å². The van der Waals surface area contributed by atoms with Gasteiger partial charge in [0.1, 0.15) is 5.82 Å². The molecular formula is C21H16ClN7O2S. The lowest BCUT2D eigenvalue weighted by molar-refractivity contribution is -0.118. The second-order valence-electron chi connectivity index (χ2n) is 6.92. The smallest absolute Gasteiger partial charge is 0.266 e. The Morgan fingerprint density at radius 2 is 1.97 bits per heavy atom. The number of fused-ring (bicyclic) bond motifs is 2. The number of para-hydroxylation sites is 2. The summed E-state index contributed by atoms with van der Waals surface area (Å²) >= 11 is 7.28. The number of halogens is 1. The number of benzene rings is 2. The molecular weight excluding hydrogens is 450 g/mol. The fraction of sp³-hybridized carbons (Fsp3) is 0.0952. The van der Waals surface area contributed by atoms with Crippen LogP contribution in [0.5, 0.6) is 0 Å². The van der Waals surface area contributed by atoms with Crippen LogP contribution >= 0.6 is 23.4 Å². The molecule has 0 aliphatic heterocycles. The molecule has 3 heterocycles. The van der Waals surface area contributed by atoms with E-state index < -0.39 is 0 Å². The Hall–Kier alpha value is -3.63. The third-order valence-electron chi connectivity index (χ3n) is 4.63. The molecule has 0 saturated carbocycles. The minimum Gasteiger partial charge on any atom is -0.348 e. The van der Waals surface area contributed by atoms with E-state index in [4.69, 9.17) is 11.6 Å². The van der Waals surface area contributed by atoms with Crippen molar-refractivity contribution in [1.29, 1.82) is 0 Å². The summed E-state index contributed by atoms with van der Waals surface area (Å²) in [5, 5.41) is 6.49. The van der Waals surface area contributed by atoms with Crippen LogP contribution in [0.15, 0.2) is 64.5 Å². The van der Waals surface area contributed by atoms with E-state index in [0.29, 0.717) is 33.0 Å². The number of hydrogen-bond acceptors (Lipinski definition) is 6. The average molecular weight is 466 g/mol. The first-order chi connectivity index (χ1) is 15.5. The van der Waals surface area contributed by atoms with Crippen molar-refractivity contribution in [2.45, 2.75) is 11.7 Å². The van der Waals surface area contributed by atoms with Crippen molar-refractivity contribution < 1.29 is 4.79 Å². The molecule has 1 amide bonds. The number of imidazole rings is 1. The maximum absolute atomic E-state index is 12.4. The van der Waals surface area contributed by atoms with Crippen molar-refractivity contribution >= 4 is 46.0 Å². The van der Waals surface area contributed by atoms with Gasteiger partial charge in [0.25, 0.3) is 5.56 Å². The van der Waals surface area contributed by atoms with E-state index in [2.05, 4.69) is 30.4 Å². The van der Waals surface area contributed by atoms with Crippen molar-refractivity contribution in [2.75, 3.05) is 5.75 Å². The zero-order valence-electron chi connectivity index (χ0n) is 16.5. The van der Waals surface area contributed by atoms with Crippen molar-refractivity contribution in [3.63, 3.8) is 0 Å². The van der Waals surface area contributed by atoms with Crippen LogP contribution in [0.2, 0.25) is 5.02 Å². The van der Waals surface area contributed by atoms with E-state index in [1.165, 1.54) is 22.3 Å². The second kappa shape index (κ2) is 8.48. The number of aromatic amines is 2. The van der Waals surface area contributed by atoms with E-state index in [0.717, 1.165) is 11.0 Å². The number of nitrogens with zero attached hydrogens (tertiary/aromatic N) is 4. The molecule has 3 aromatic heterocycles. The topological polar surface area (TPSA) is 121 Å².